The van der Waals surface area contributed by atoms with Gasteiger partial charge in [0.2, 0.25) is 5.91 Å². The molecule has 2 aromatic heterocycles. The van der Waals surface area contributed by atoms with Crippen molar-refractivity contribution in [1.29, 1.82) is 0 Å². The number of nitrogens with zero attached hydrogens (tertiary/aromatic N) is 4. The zero-order valence-corrected chi connectivity index (χ0v) is 15.0. The summed E-state index contributed by atoms with van der Waals surface area (Å²) in [6, 6.07) is 11.9. The molecule has 0 saturated carbocycles. The number of amides is 1. The summed E-state index contributed by atoms with van der Waals surface area (Å²) in [7, 11) is 0. The van der Waals surface area contributed by atoms with E-state index in [1.165, 1.54) is 12.1 Å². The molecule has 2 heterocycles. The Morgan fingerprint density at radius 1 is 1.27 bits per heavy atom. The van der Waals surface area contributed by atoms with Gasteiger partial charge in [-0.1, -0.05) is 30.0 Å². The third kappa shape index (κ3) is 4.66. The highest BCUT2D eigenvalue weighted by atomic mass is 32.2. The summed E-state index contributed by atoms with van der Waals surface area (Å²) in [4.78, 5) is 20.0. The van der Waals surface area contributed by atoms with Gasteiger partial charge in [0, 0.05) is 6.20 Å². The molecule has 0 aliphatic carbocycles. The maximum absolute atomic E-state index is 13.1. The van der Waals surface area contributed by atoms with E-state index in [-0.39, 0.29) is 17.5 Å². The van der Waals surface area contributed by atoms with Crippen LogP contribution in [0, 0.1) is 5.82 Å². The van der Waals surface area contributed by atoms with Crippen LogP contribution < -0.4 is 5.73 Å². The van der Waals surface area contributed by atoms with Gasteiger partial charge >= 0.3 is 0 Å². The van der Waals surface area contributed by atoms with Crippen LogP contribution in [0.5, 0.6) is 0 Å². The number of thioether (sulfide) groups is 1. The van der Waals surface area contributed by atoms with Gasteiger partial charge in [-0.15, -0.1) is 0 Å². The van der Waals surface area contributed by atoms with Gasteiger partial charge in [-0.25, -0.2) is 19.0 Å². The molecule has 2 N–H and O–H groups in total. The first kappa shape index (κ1) is 18.1. The van der Waals surface area contributed by atoms with Gasteiger partial charge in [0.15, 0.2) is 5.82 Å². The fraction of sp³-hybridized carbons (Fsp3) is 0.222. The number of carbonyl (C=O) groups is 1. The van der Waals surface area contributed by atoms with E-state index in [9.17, 15) is 9.18 Å². The molecular weight excluding hydrogens is 353 g/mol. The minimum absolute atomic E-state index is 0.0234. The van der Waals surface area contributed by atoms with E-state index in [4.69, 9.17) is 5.73 Å². The molecule has 0 aliphatic rings. The number of primary amides is 1. The third-order valence-electron chi connectivity index (χ3n) is 3.62. The normalized spacial score (nSPS) is 12.1. The van der Waals surface area contributed by atoms with Gasteiger partial charge in [0.1, 0.15) is 11.6 Å². The minimum atomic E-state index is -0.486. The number of halogens is 1. The summed E-state index contributed by atoms with van der Waals surface area (Å²) in [5.41, 5.74) is 6.15. The average Bonchev–Trinajstić information content (AvgIpc) is 2.99. The van der Waals surface area contributed by atoms with E-state index in [2.05, 4.69) is 15.1 Å². The molecule has 1 atom stereocenters. The standard InChI is InChI=1S/C18H18FN5OS/c1-12(26-17-4-2-3-9-21-17)18-22-16(10-15(20)25)23-24(18)11-13-5-7-14(19)8-6-13/h2-9,12H,10-11H2,1H3,(H2,20,25)/t12-/m1/s1. The van der Waals surface area contributed by atoms with Crippen LogP contribution in [0.1, 0.15) is 29.4 Å². The second-order valence-corrected chi connectivity index (χ2v) is 7.10. The molecule has 0 radical (unpaired) electrons. The zero-order valence-electron chi connectivity index (χ0n) is 14.2. The Labute approximate surface area is 154 Å². The summed E-state index contributed by atoms with van der Waals surface area (Å²) in [5.74, 6) is 0.311. The molecule has 0 saturated heterocycles. The van der Waals surface area contributed by atoms with Gasteiger partial charge in [-0.3, -0.25) is 4.79 Å². The monoisotopic (exact) mass is 371 g/mol. The van der Waals surface area contributed by atoms with Crippen molar-refractivity contribution >= 4 is 17.7 Å². The van der Waals surface area contributed by atoms with Gasteiger partial charge in [0.25, 0.3) is 0 Å². The number of carbonyl (C=O) groups excluding carboxylic acids is 1. The van der Waals surface area contributed by atoms with Crippen LogP contribution in [-0.2, 0) is 17.8 Å². The van der Waals surface area contributed by atoms with E-state index >= 15 is 0 Å². The molecule has 3 rings (SSSR count). The molecule has 8 heteroatoms. The lowest BCUT2D eigenvalue weighted by Gasteiger charge is -2.12. The predicted molar refractivity (Wildman–Crippen MR) is 96.9 cm³/mol. The molecule has 0 spiro atoms. The average molecular weight is 371 g/mol. The molecule has 1 amide bonds. The van der Waals surface area contributed by atoms with Gasteiger partial charge in [0.05, 0.1) is 23.2 Å². The largest absolute Gasteiger partial charge is 0.369 e. The lowest BCUT2D eigenvalue weighted by molar-refractivity contribution is -0.117. The molecule has 0 fully saturated rings. The van der Waals surface area contributed by atoms with Crippen LogP contribution in [0.3, 0.4) is 0 Å². The summed E-state index contributed by atoms with van der Waals surface area (Å²) in [6.07, 6.45) is 1.71. The van der Waals surface area contributed by atoms with Gasteiger partial charge in [-0.2, -0.15) is 5.10 Å². The van der Waals surface area contributed by atoms with Crippen LogP contribution in [0.15, 0.2) is 53.7 Å². The predicted octanol–water partition coefficient (Wildman–Crippen LogP) is 2.74. The Kier molecular flexibility index (Phi) is 5.62. The van der Waals surface area contributed by atoms with E-state index in [0.29, 0.717) is 18.2 Å². The van der Waals surface area contributed by atoms with Crippen LogP contribution in [0.2, 0.25) is 0 Å². The van der Waals surface area contributed by atoms with Gasteiger partial charge in [-0.05, 0) is 36.8 Å². The quantitative estimate of drug-likeness (QED) is 0.645. The first-order valence-electron chi connectivity index (χ1n) is 8.05. The van der Waals surface area contributed by atoms with Crippen LogP contribution in [0.25, 0.3) is 0 Å². The van der Waals surface area contributed by atoms with Crippen molar-refractivity contribution in [2.45, 2.75) is 30.2 Å². The Bertz CT molecular complexity index is 882. The SMILES string of the molecule is C[C@@H](Sc1ccccn1)c1nc(CC(N)=O)nn1Cc1ccc(F)cc1. The molecular formula is C18H18FN5OS. The number of nitrogens with two attached hydrogens (primary N) is 1. The summed E-state index contributed by atoms with van der Waals surface area (Å²) >= 11 is 1.55. The molecule has 0 bridgehead atoms. The van der Waals surface area contributed by atoms with Crippen molar-refractivity contribution < 1.29 is 9.18 Å². The second-order valence-electron chi connectivity index (χ2n) is 5.74. The highest BCUT2D eigenvalue weighted by Gasteiger charge is 2.19. The number of hydrogen-bond acceptors (Lipinski definition) is 5. The number of hydrogen-bond donors (Lipinski definition) is 1. The fourth-order valence-corrected chi connectivity index (χ4v) is 3.38. The first-order chi connectivity index (χ1) is 12.5. The number of rotatable bonds is 7. The third-order valence-corrected chi connectivity index (χ3v) is 4.67. The molecule has 0 aliphatic heterocycles. The topological polar surface area (TPSA) is 86.7 Å². The highest BCUT2D eigenvalue weighted by molar-refractivity contribution is 7.99. The van der Waals surface area contributed by atoms with Crippen LogP contribution in [0.4, 0.5) is 4.39 Å². The van der Waals surface area contributed by atoms with Gasteiger partial charge < -0.3 is 5.73 Å². The van der Waals surface area contributed by atoms with Crippen molar-refractivity contribution in [3.8, 4) is 0 Å². The Morgan fingerprint density at radius 3 is 2.69 bits per heavy atom. The smallest absolute Gasteiger partial charge is 0.225 e. The van der Waals surface area contributed by atoms with Crippen molar-refractivity contribution in [3.63, 3.8) is 0 Å². The highest BCUT2D eigenvalue weighted by Crippen LogP contribution is 2.32. The van der Waals surface area contributed by atoms with E-state index < -0.39 is 5.91 Å². The molecule has 26 heavy (non-hydrogen) atoms. The number of aromatic nitrogens is 4. The molecule has 0 unspecified atom stereocenters. The molecule has 3 aromatic rings. The van der Waals surface area contributed by atoms with E-state index in [0.717, 1.165) is 10.6 Å². The van der Waals surface area contributed by atoms with E-state index in [1.807, 2.05) is 25.1 Å². The van der Waals surface area contributed by atoms with Crippen molar-refractivity contribution in [3.05, 3.63) is 71.7 Å². The second kappa shape index (κ2) is 8.09. The lowest BCUT2D eigenvalue weighted by atomic mass is 10.2. The Balaban J connectivity index is 1.87. The zero-order chi connectivity index (χ0) is 18.5. The Morgan fingerprint density at radius 2 is 2.04 bits per heavy atom. The fourth-order valence-electron chi connectivity index (χ4n) is 2.46. The van der Waals surface area contributed by atoms with Crippen molar-refractivity contribution in [2.75, 3.05) is 0 Å². The van der Waals surface area contributed by atoms with Crippen molar-refractivity contribution in [2.24, 2.45) is 5.73 Å². The molecule has 1 aromatic carbocycles. The minimum Gasteiger partial charge on any atom is -0.369 e. The van der Waals surface area contributed by atoms with Crippen LogP contribution >= 0.6 is 11.8 Å². The first-order valence-corrected chi connectivity index (χ1v) is 8.93. The maximum atomic E-state index is 13.1. The lowest BCUT2D eigenvalue weighted by Crippen LogP contribution is -2.15. The summed E-state index contributed by atoms with van der Waals surface area (Å²) < 4.78 is 14.9. The van der Waals surface area contributed by atoms with Crippen LogP contribution in [-0.4, -0.2) is 25.7 Å². The van der Waals surface area contributed by atoms with E-state index in [1.54, 1.807) is 34.8 Å². The van der Waals surface area contributed by atoms with Crippen molar-refractivity contribution in [1.82, 2.24) is 19.7 Å². The molecule has 6 nitrogen and oxygen atoms in total. The number of pyridine rings is 1. The summed E-state index contributed by atoms with van der Waals surface area (Å²) in [6.45, 7) is 2.42. The number of benzene rings is 1. The summed E-state index contributed by atoms with van der Waals surface area (Å²) in [5, 5.41) is 5.23. The maximum Gasteiger partial charge on any atom is 0.225 e. The molecule has 134 valence electrons. The Hall–Kier alpha value is -2.74.